The summed E-state index contributed by atoms with van der Waals surface area (Å²) in [6, 6.07) is 29.1. The molecule has 0 N–H and O–H groups in total. The zero-order valence-corrected chi connectivity index (χ0v) is 15.5. The number of hydrogen-bond donors (Lipinski definition) is 0. The van der Waals surface area contributed by atoms with Crippen molar-refractivity contribution in [3.8, 4) is 22.5 Å². The van der Waals surface area contributed by atoms with E-state index in [9.17, 15) is 0 Å². The molecule has 1 aliphatic rings. The van der Waals surface area contributed by atoms with Gasteiger partial charge in [0.25, 0.3) is 0 Å². The van der Waals surface area contributed by atoms with Crippen LogP contribution in [0.3, 0.4) is 0 Å². The third kappa shape index (κ3) is 4.29. The van der Waals surface area contributed by atoms with Crippen molar-refractivity contribution >= 4 is 0 Å². The van der Waals surface area contributed by atoms with Gasteiger partial charge in [-0.2, -0.15) is 0 Å². The van der Waals surface area contributed by atoms with E-state index in [0.717, 1.165) is 24.2 Å². The van der Waals surface area contributed by atoms with Gasteiger partial charge in [0.05, 0.1) is 11.4 Å². The summed E-state index contributed by atoms with van der Waals surface area (Å²) in [5.41, 5.74) is 8.40. The van der Waals surface area contributed by atoms with Gasteiger partial charge in [-0.25, -0.2) is 0 Å². The van der Waals surface area contributed by atoms with Gasteiger partial charge in [0.2, 0.25) is 0 Å². The number of aryl methyl sites for hydroxylation is 3. The van der Waals surface area contributed by atoms with E-state index in [1.54, 1.807) is 0 Å². The molecule has 2 bridgehead atoms. The van der Waals surface area contributed by atoms with Gasteiger partial charge in [-0.15, -0.1) is 0 Å². The van der Waals surface area contributed by atoms with Crippen LogP contribution in [-0.4, -0.2) is 9.97 Å². The van der Waals surface area contributed by atoms with Crippen LogP contribution in [0.4, 0.5) is 0 Å². The molecule has 2 heterocycles. The zero-order valence-electron chi connectivity index (χ0n) is 15.5. The SMILES string of the molecule is Cc1ccc(-c2ccccc2)nc1.c1ccc(-c2cc3cc(n2)CC3)cc1. The van der Waals surface area contributed by atoms with Gasteiger partial charge < -0.3 is 0 Å². The Morgan fingerprint density at radius 1 is 0.667 bits per heavy atom. The molecule has 1 aliphatic carbocycles. The number of pyridine rings is 2. The first kappa shape index (κ1) is 17.2. The summed E-state index contributed by atoms with van der Waals surface area (Å²) in [5, 5.41) is 0. The Hall–Kier alpha value is -3.26. The van der Waals surface area contributed by atoms with E-state index in [1.165, 1.54) is 27.9 Å². The summed E-state index contributed by atoms with van der Waals surface area (Å²) in [5.74, 6) is 0. The normalized spacial score (nSPS) is 11.6. The molecule has 4 aromatic rings. The van der Waals surface area contributed by atoms with Crippen molar-refractivity contribution in [3.63, 3.8) is 0 Å². The van der Waals surface area contributed by atoms with Crippen LogP contribution in [0.5, 0.6) is 0 Å². The van der Waals surface area contributed by atoms with Gasteiger partial charge in [0.15, 0.2) is 0 Å². The zero-order chi connectivity index (χ0) is 18.5. The molecular weight excluding hydrogens is 328 g/mol. The van der Waals surface area contributed by atoms with Gasteiger partial charge in [0, 0.05) is 23.0 Å². The Bertz CT molecular complexity index is 985. The Morgan fingerprint density at radius 3 is 1.93 bits per heavy atom. The molecule has 0 amide bonds. The highest BCUT2D eigenvalue weighted by molar-refractivity contribution is 5.60. The molecule has 0 radical (unpaired) electrons. The average molecular weight is 350 g/mol. The van der Waals surface area contributed by atoms with Crippen LogP contribution in [0, 0.1) is 6.92 Å². The molecule has 0 saturated heterocycles. The van der Waals surface area contributed by atoms with Gasteiger partial charge in [0.1, 0.15) is 0 Å². The molecule has 0 fully saturated rings. The molecule has 0 atom stereocenters. The third-order valence-corrected chi connectivity index (χ3v) is 4.66. The van der Waals surface area contributed by atoms with Crippen LogP contribution in [0.1, 0.15) is 16.8 Å². The third-order valence-electron chi connectivity index (χ3n) is 4.66. The lowest BCUT2D eigenvalue weighted by molar-refractivity contribution is 0.996. The molecule has 2 nitrogen and oxygen atoms in total. The molecule has 132 valence electrons. The maximum absolute atomic E-state index is 4.61. The van der Waals surface area contributed by atoms with E-state index in [0.29, 0.717) is 0 Å². The molecule has 5 rings (SSSR count). The smallest absolute Gasteiger partial charge is 0.0708 e. The van der Waals surface area contributed by atoms with Gasteiger partial charge in [-0.1, -0.05) is 66.7 Å². The van der Waals surface area contributed by atoms with Crippen molar-refractivity contribution in [1.82, 2.24) is 9.97 Å². The van der Waals surface area contributed by atoms with Crippen LogP contribution in [0.2, 0.25) is 0 Å². The van der Waals surface area contributed by atoms with E-state index in [4.69, 9.17) is 0 Å². The molecule has 2 heteroatoms. The molecule has 27 heavy (non-hydrogen) atoms. The predicted octanol–water partition coefficient (Wildman–Crippen LogP) is 5.90. The van der Waals surface area contributed by atoms with Gasteiger partial charge in [-0.3, -0.25) is 9.97 Å². The van der Waals surface area contributed by atoms with Crippen molar-refractivity contribution in [1.29, 1.82) is 0 Å². The fraction of sp³-hybridized carbons (Fsp3) is 0.120. The first-order valence-electron chi connectivity index (χ1n) is 9.31. The minimum absolute atomic E-state index is 1.03. The molecule has 0 aliphatic heterocycles. The Labute approximate surface area is 160 Å². The summed E-state index contributed by atoms with van der Waals surface area (Å²) in [6.07, 6.45) is 4.17. The lowest BCUT2D eigenvalue weighted by Gasteiger charge is -2.00. The molecule has 0 spiro atoms. The van der Waals surface area contributed by atoms with Crippen LogP contribution in [-0.2, 0) is 12.8 Å². The fourth-order valence-electron chi connectivity index (χ4n) is 3.20. The quantitative estimate of drug-likeness (QED) is 0.449. The lowest BCUT2D eigenvalue weighted by atomic mass is 10.1. The van der Waals surface area contributed by atoms with E-state index < -0.39 is 0 Å². The Kier molecular flexibility index (Phi) is 5.06. The topological polar surface area (TPSA) is 25.8 Å². The minimum atomic E-state index is 1.03. The number of nitrogens with zero attached hydrogens (tertiary/aromatic N) is 2. The number of fused-ring (bicyclic) bond motifs is 2. The maximum Gasteiger partial charge on any atom is 0.0708 e. The second-order valence-corrected chi connectivity index (χ2v) is 6.80. The van der Waals surface area contributed by atoms with Gasteiger partial charge in [-0.05, 0) is 49.1 Å². The first-order valence-corrected chi connectivity index (χ1v) is 9.31. The molecule has 2 aromatic heterocycles. The summed E-state index contributed by atoms with van der Waals surface area (Å²) in [4.78, 5) is 8.96. The van der Waals surface area contributed by atoms with Crippen molar-refractivity contribution in [2.45, 2.75) is 19.8 Å². The van der Waals surface area contributed by atoms with Crippen molar-refractivity contribution in [3.05, 3.63) is 108 Å². The number of hydrogen-bond acceptors (Lipinski definition) is 2. The highest BCUT2D eigenvalue weighted by Gasteiger charge is 2.10. The Morgan fingerprint density at radius 2 is 1.33 bits per heavy atom. The second kappa shape index (κ2) is 7.96. The van der Waals surface area contributed by atoms with Crippen LogP contribution < -0.4 is 0 Å². The summed E-state index contributed by atoms with van der Waals surface area (Å²) < 4.78 is 0. The Balaban J connectivity index is 0.000000134. The van der Waals surface area contributed by atoms with E-state index in [-0.39, 0.29) is 0 Å². The average Bonchev–Trinajstić information content (AvgIpc) is 3.08. The first-order chi connectivity index (χ1) is 13.3. The fourth-order valence-corrected chi connectivity index (χ4v) is 3.20. The highest BCUT2D eigenvalue weighted by atomic mass is 14.7. The lowest BCUT2D eigenvalue weighted by Crippen LogP contribution is -1.85. The van der Waals surface area contributed by atoms with Crippen molar-refractivity contribution in [2.24, 2.45) is 0 Å². The van der Waals surface area contributed by atoms with Crippen LogP contribution in [0.25, 0.3) is 22.5 Å². The summed E-state index contributed by atoms with van der Waals surface area (Å²) in [7, 11) is 0. The van der Waals surface area contributed by atoms with Crippen molar-refractivity contribution < 1.29 is 0 Å². The minimum Gasteiger partial charge on any atom is -0.256 e. The maximum atomic E-state index is 4.61. The number of aromatic nitrogens is 2. The molecule has 0 unspecified atom stereocenters. The second-order valence-electron chi connectivity index (χ2n) is 6.80. The van der Waals surface area contributed by atoms with E-state index in [1.807, 2.05) is 43.5 Å². The largest absolute Gasteiger partial charge is 0.256 e. The van der Waals surface area contributed by atoms with Crippen molar-refractivity contribution in [2.75, 3.05) is 0 Å². The standard InChI is InChI=1S/C13H11N.C12H11N/c1-2-4-11(5-3-1)13-9-10-6-7-12(8-10)14-13;1-10-7-8-12(13-9-10)11-5-3-2-4-6-11/h1-5,8-9H,6-7H2;2-9H,1H3. The van der Waals surface area contributed by atoms with Gasteiger partial charge >= 0.3 is 0 Å². The monoisotopic (exact) mass is 350 g/mol. The summed E-state index contributed by atoms with van der Waals surface area (Å²) >= 11 is 0. The predicted molar refractivity (Wildman–Crippen MR) is 111 cm³/mol. The molecular formula is C25H22N2. The highest BCUT2D eigenvalue weighted by Crippen LogP contribution is 2.23. The summed E-state index contributed by atoms with van der Waals surface area (Å²) in [6.45, 7) is 2.04. The molecule has 2 aromatic carbocycles. The number of benzene rings is 2. The van der Waals surface area contributed by atoms with Crippen LogP contribution >= 0.6 is 0 Å². The van der Waals surface area contributed by atoms with E-state index in [2.05, 4.69) is 64.6 Å². The number of rotatable bonds is 2. The van der Waals surface area contributed by atoms with Crippen LogP contribution in [0.15, 0.2) is 91.1 Å². The van der Waals surface area contributed by atoms with E-state index >= 15 is 0 Å². The molecule has 0 saturated carbocycles.